The van der Waals surface area contributed by atoms with Gasteiger partial charge in [0.15, 0.2) is 9.84 Å². The van der Waals surface area contributed by atoms with Crippen molar-refractivity contribution < 1.29 is 17.9 Å². The summed E-state index contributed by atoms with van der Waals surface area (Å²) in [4.78, 5) is 7.47. The number of rotatable bonds is 5. The van der Waals surface area contributed by atoms with E-state index in [2.05, 4.69) is 4.90 Å². The molecule has 8 heteroatoms. The molecule has 2 fully saturated rings. The predicted molar refractivity (Wildman–Crippen MR) is 147 cm³/mol. The third kappa shape index (κ3) is 4.44. The number of aryl methyl sites for hydroxylation is 2. The van der Waals surface area contributed by atoms with Crippen LogP contribution in [-0.4, -0.2) is 53.4 Å². The molecule has 1 aliphatic heterocycles. The van der Waals surface area contributed by atoms with Gasteiger partial charge in [-0.3, -0.25) is 4.98 Å². The summed E-state index contributed by atoms with van der Waals surface area (Å²) in [5.41, 5.74) is 4.16. The number of hydrogen-bond acceptors (Lipinski definition) is 5. The van der Waals surface area contributed by atoms with E-state index < -0.39 is 21.3 Å². The lowest BCUT2D eigenvalue weighted by Crippen LogP contribution is -2.43. The van der Waals surface area contributed by atoms with Gasteiger partial charge in [-0.15, -0.1) is 0 Å². The van der Waals surface area contributed by atoms with Crippen molar-refractivity contribution in [2.75, 3.05) is 19.3 Å². The molecule has 6 rings (SSSR count). The van der Waals surface area contributed by atoms with Crippen LogP contribution >= 0.6 is 0 Å². The number of aromatic nitrogens is 2. The van der Waals surface area contributed by atoms with E-state index in [1.165, 1.54) is 25.2 Å². The first-order valence-corrected chi connectivity index (χ1v) is 15.0. The highest BCUT2D eigenvalue weighted by Crippen LogP contribution is 2.39. The maximum atomic E-state index is 15.4. The number of sulfone groups is 1. The number of hydrogen-bond donors (Lipinski definition) is 1. The Morgan fingerprint density at radius 1 is 1.00 bits per heavy atom. The van der Waals surface area contributed by atoms with E-state index in [0.29, 0.717) is 35.7 Å². The first-order valence-electron chi connectivity index (χ1n) is 13.1. The van der Waals surface area contributed by atoms with Gasteiger partial charge in [0.25, 0.3) is 0 Å². The molecule has 0 amide bonds. The number of likely N-dealkylation sites (tertiary alicyclic amines) is 1. The molecular weight excluding hydrogens is 501 g/mol. The van der Waals surface area contributed by atoms with Crippen LogP contribution < -0.4 is 0 Å². The number of piperidine rings is 1. The van der Waals surface area contributed by atoms with Gasteiger partial charge in [-0.1, -0.05) is 24.3 Å². The van der Waals surface area contributed by atoms with Crippen LogP contribution in [0.2, 0.25) is 0 Å². The second-order valence-corrected chi connectivity index (χ2v) is 12.9. The average molecular weight is 534 g/mol. The molecule has 2 aromatic carbocycles. The van der Waals surface area contributed by atoms with E-state index in [0.717, 1.165) is 40.9 Å². The van der Waals surface area contributed by atoms with Gasteiger partial charge < -0.3 is 14.6 Å². The molecule has 1 saturated heterocycles. The van der Waals surface area contributed by atoms with Gasteiger partial charge in [0, 0.05) is 60.3 Å². The van der Waals surface area contributed by atoms with Crippen molar-refractivity contribution in [3.8, 4) is 22.5 Å². The Bertz CT molecular complexity index is 1650. The lowest BCUT2D eigenvalue weighted by molar-refractivity contribution is -0.0302. The van der Waals surface area contributed by atoms with Crippen LogP contribution in [0.15, 0.2) is 59.5 Å². The molecule has 2 aliphatic rings. The zero-order valence-electron chi connectivity index (χ0n) is 21.9. The molecule has 6 nitrogen and oxygen atoms in total. The Balaban J connectivity index is 1.32. The molecule has 0 atom stereocenters. The van der Waals surface area contributed by atoms with Crippen molar-refractivity contribution in [3.63, 3.8) is 0 Å². The highest BCUT2D eigenvalue weighted by atomic mass is 32.2. The Hall–Kier alpha value is -3.07. The third-order valence-electron chi connectivity index (χ3n) is 8.26. The minimum Gasteiger partial charge on any atom is -0.385 e. The molecule has 0 radical (unpaired) electrons. The first-order chi connectivity index (χ1) is 18.0. The molecule has 1 N–H and O–H groups in total. The van der Waals surface area contributed by atoms with E-state index in [-0.39, 0.29) is 4.90 Å². The topological polar surface area (TPSA) is 75.4 Å². The molecule has 3 heterocycles. The predicted octanol–water partition coefficient (Wildman–Crippen LogP) is 5.20. The fourth-order valence-corrected chi connectivity index (χ4v) is 6.43. The highest BCUT2D eigenvalue weighted by Gasteiger charge is 2.40. The fourth-order valence-electron chi connectivity index (χ4n) is 5.80. The maximum Gasteiger partial charge on any atom is 0.175 e. The minimum absolute atomic E-state index is 0.281. The molecule has 4 aromatic rings. The van der Waals surface area contributed by atoms with Crippen LogP contribution in [0.5, 0.6) is 0 Å². The molecule has 2 aromatic heterocycles. The first kappa shape index (κ1) is 25.2. The molecule has 0 spiro atoms. The molecule has 198 valence electrons. The fraction of sp³-hybridized carbons (Fsp3) is 0.367. The van der Waals surface area contributed by atoms with Gasteiger partial charge in [-0.25, -0.2) is 12.8 Å². The highest BCUT2D eigenvalue weighted by molar-refractivity contribution is 7.90. The zero-order valence-corrected chi connectivity index (χ0v) is 22.7. The van der Waals surface area contributed by atoms with Crippen molar-refractivity contribution in [1.29, 1.82) is 0 Å². The minimum atomic E-state index is -3.27. The molecular formula is C30H32FN3O3S. The lowest BCUT2D eigenvalue weighted by atomic mass is 9.83. The summed E-state index contributed by atoms with van der Waals surface area (Å²) in [7, 11) is -1.31. The van der Waals surface area contributed by atoms with Crippen LogP contribution in [0.3, 0.4) is 0 Å². The Labute approximate surface area is 222 Å². The standard InChI is InChI=1S/C30H32FN3O3S/c1-19-24-17-28(20-4-9-23(10-5-20)38(3,36)37)33(2)29(24)18-27(32-19)21-6-11-25(26(31)16-21)30(35)12-14-34(15-13-30)22-7-8-22/h4-6,9-11,16-18,22,35H,7-8,12-15H2,1-3H3. The van der Waals surface area contributed by atoms with Crippen LogP contribution in [-0.2, 0) is 22.5 Å². The number of benzene rings is 2. The summed E-state index contributed by atoms with van der Waals surface area (Å²) < 4.78 is 41.1. The Kier molecular flexibility index (Phi) is 5.98. The second kappa shape index (κ2) is 9.00. The summed E-state index contributed by atoms with van der Waals surface area (Å²) in [6.45, 7) is 3.53. The Morgan fingerprint density at radius 2 is 1.66 bits per heavy atom. The van der Waals surface area contributed by atoms with Gasteiger partial charge in [0.05, 0.1) is 21.7 Å². The summed E-state index contributed by atoms with van der Waals surface area (Å²) in [5, 5.41) is 12.3. The van der Waals surface area contributed by atoms with E-state index in [4.69, 9.17) is 4.98 Å². The summed E-state index contributed by atoms with van der Waals surface area (Å²) in [6.07, 6.45) is 4.75. The lowest BCUT2D eigenvalue weighted by Gasteiger charge is -2.38. The van der Waals surface area contributed by atoms with Gasteiger partial charge in [0.1, 0.15) is 5.82 Å². The van der Waals surface area contributed by atoms with Crippen LogP contribution in [0.25, 0.3) is 33.4 Å². The summed E-state index contributed by atoms with van der Waals surface area (Å²) in [6, 6.07) is 16.6. The largest absolute Gasteiger partial charge is 0.385 e. The molecule has 0 unspecified atom stereocenters. The number of fused-ring (bicyclic) bond motifs is 1. The quantitative estimate of drug-likeness (QED) is 0.382. The smallest absolute Gasteiger partial charge is 0.175 e. The van der Waals surface area contributed by atoms with Crippen molar-refractivity contribution in [3.05, 3.63) is 71.7 Å². The van der Waals surface area contributed by atoms with E-state index in [1.54, 1.807) is 18.2 Å². The third-order valence-corrected chi connectivity index (χ3v) is 9.39. The summed E-state index contributed by atoms with van der Waals surface area (Å²) in [5.74, 6) is -0.400. The molecule has 1 aliphatic carbocycles. The molecule has 1 saturated carbocycles. The van der Waals surface area contributed by atoms with Crippen LogP contribution in [0, 0.1) is 12.7 Å². The molecule has 38 heavy (non-hydrogen) atoms. The average Bonchev–Trinajstić information content (AvgIpc) is 3.67. The number of pyridine rings is 1. The van der Waals surface area contributed by atoms with Gasteiger partial charge in [-0.05, 0) is 68.5 Å². The van der Waals surface area contributed by atoms with Crippen molar-refractivity contribution in [2.45, 2.75) is 49.1 Å². The SMILES string of the molecule is Cc1nc(-c2ccc(C3(O)CCN(C4CC4)CC3)c(F)c2)cc2c1cc(-c1ccc(S(C)(=O)=O)cc1)n2C. The van der Waals surface area contributed by atoms with Crippen LogP contribution in [0.1, 0.15) is 36.9 Å². The van der Waals surface area contributed by atoms with E-state index in [9.17, 15) is 13.5 Å². The van der Waals surface area contributed by atoms with Crippen molar-refractivity contribution in [2.24, 2.45) is 7.05 Å². The monoisotopic (exact) mass is 533 g/mol. The Morgan fingerprint density at radius 3 is 2.26 bits per heavy atom. The van der Waals surface area contributed by atoms with Gasteiger partial charge in [0.2, 0.25) is 0 Å². The number of halogens is 1. The van der Waals surface area contributed by atoms with Gasteiger partial charge >= 0.3 is 0 Å². The van der Waals surface area contributed by atoms with E-state index in [1.807, 2.05) is 48.9 Å². The van der Waals surface area contributed by atoms with Crippen molar-refractivity contribution >= 4 is 20.7 Å². The van der Waals surface area contributed by atoms with Crippen LogP contribution in [0.4, 0.5) is 4.39 Å². The number of aliphatic hydroxyl groups is 1. The van der Waals surface area contributed by atoms with E-state index >= 15 is 4.39 Å². The van der Waals surface area contributed by atoms with Gasteiger partial charge in [-0.2, -0.15) is 0 Å². The van der Waals surface area contributed by atoms with Crippen molar-refractivity contribution in [1.82, 2.24) is 14.5 Å². The normalized spacial score (nSPS) is 18.2. The second-order valence-electron chi connectivity index (χ2n) is 10.9. The summed E-state index contributed by atoms with van der Waals surface area (Å²) >= 11 is 0. The molecule has 0 bridgehead atoms. The number of nitrogens with zero attached hydrogens (tertiary/aromatic N) is 3. The zero-order chi connectivity index (χ0) is 26.8. The maximum absolute atomic E-state index is 15.4.